The standard InChI is InChI=1S/C81H112N18O14S/c1-58-11-8-14-66(91-58)52-97-39-37-95(2)38-40-98(53-67-15-10-19-72(92-67)79(108)109)44-42-96(41-43-97)50-61-24-26-63(27-25-61)93-78(114)45-59-20-22-60(23-21-59)51-99(54-71(103)46-62(80(110)112-82)12-4-3-5-16-70(102)49-88-76(106)33-28-68(100)17-9-13-64-47-84-56-89-64)55-77(107)94-73(81(111)113-83)18-6-7-35-86-74(104)31-29-69(101)30-32-75(105)87-36-34-65-48-85-57-90-65/h8,10-11,14-15,19-27,47-48,56-57,62,73H,3-7,9,12-13,16-18,28-46,49-55,82-83H2,1-2H3,(H,84,89)(H,85,90)(H,86,104)(H,87,105)(H,88,106)(H,93,114)(H,94,107)(H,108,109). The Morgan fingerprint density at radius 1 is 0.544 bits per heavy atom. The Hall–Kier alpha value is -10.3. The van der Waals surface area contributed by atoms with Crippen LogP contribution in [-0.2, 0) is 103 Å². The van der Waals surface area contributed by atoms with Gasteiger partial charge in [-0.25, -0.2) is 24.5 Å². The van der Waals surface area contributed by atoms with Crippen LogP contribution in [0.3, 0.4) is 0 Å². The van der Waals surface area contributed by atoms with Crippen LogP contribution in [0.15, 0.2) is 110 Å². The first kappa shape index (κ1) is 90.9. The number of aromatic carboxylic acids is 1. The van der Waals surface area contributed by atoms with E-state index < -0.39 is 54.0 Å². The zero-order valence-corrected chi connectivity index (χ0v) is 66.4. The van der Waals surface area contributed by atoms with Gasteiger partial charge in [0.15, 0.2) is 5.78 Å². The number of hydrogen-bond acceptors (Lipinski definition) is 25. The topological polar surface area (TPSA) is 438 Å². The Labute approximate surface area is 671 Å². The molecule has 2 atom stereocenters. The van der Waals surface area contributed by atoms with E-state index in [0.717, 1.165) is 98.5 Å². The first-order valence-electron chi connectivity index (χ1n) is 39.1. The van der Waals surface area contributed by atoms with E-state index >= 15 is 0 Å². The summed E-state index contributed by atoms with van der Waals surface area (Å²) in [7, 11) is 2.13. The molecule has 0 bridgehead atoms. The third kappa shape index (κ3) is 36.7. The van der Waals surface area contributed by atoms with Gasteiger partial charge in [-0.15, -0.1) is 0 Å². The highest BCUT2D eigenvalue weighted by Gasteiger charge is 2.28. The molecule has 114 heavy (non-hydrogen) atoms. The number of aromatic amines is 2. The Balaban J connectivity index is 0.923. The molecule has 32 nitrogen and oxygen atoms in total. The number of rotatable bonds is 50. The van der Waals surface area contributed by atoms with Crippen molar-refractivity contribution in [3.63, 3.8) is 0 Å². The lowest BCUT2D eigenvalue weighted by Crippen LogP contribution is -2.47. The number of carboxylic acid groups (broad SMARTS) is 1. The molecule has 1 aliphatic rings. The van der Waals surface area contributed by atoms with Crippen LogP contribution in [0, 0.1) is 12.8 Å². The number of nitrogens with two attached hydrogens (primary N) is 2. The highest BCUT2D eigenvalue weighted by Crippen LogP contribution is 2.21. The zero-order chi connectivity index (χ0) is 81.8. The average molecular weight is 1590 g/mol. The van der Waals surface area contributed by atoms with Crippen molar-refractivity contribution in [2.24, 2.45) is 17.7 Å². The summed E-state index contributed by atoms with van der Waals surface area (Å²) in [6.45, 7) is 10.1. The Morgan fingerprint density at radius 2 is 1.10 bits per heavy atom. The van der Waals surface area contributed by atoms with Crippen LogP contribution >= 0.6 is 12.2 Å². The molecule has 12 N–H and O–H groups in total. The van der Waals surface area contributed by atoms with E-state index in [-0.39, 0.29) is 125 Å². The van der Waals surface area contributed by atoms with Crippen LogP contribution in [0.2, 0.25) is 0 Å². The molecule has 1 saturated heterocycles. The smallest absolute Gasteiger partial charge is 0.354 e. The molecular weight excluding hydrogens is 1480 g/mol. The molecule has 33 heteroatoms. The summed E-state index contributed by atoms with van der Waals surface area (Å²) in [6, 6.07) is 25.7. The number of Topliss-reactive ketones (excluding diaryl/α,β-unsaturated/α-hetero) is 4. The van der Waals surface area contributed by atoms with Crippen molar-refractivity contribution < 1.29 is 67.5 Å². The molecule has 4 amide bonds. The number of H-pyrrole nitrogens is 2. The lowest BCUT2D eigenvalue weighted by molar-refractivity contribution is -0.151. The number of imidazole rings is 2. The van der Waals surface area contributed by atoms with E-state index in [1.54, 1.807) is 36.0 Å². The van der Waals surface area contributed by atoms with E-state index in [1.807, 2.05) is 61.5 Å². The SMILES string of the molecule is Cc1cccc(CN2CCN(C)CCN(Cc3cccc(C(=O)O)n3)CCN(Cc3ccc(NC(=S)Cc4ccc(CN(CC(=O)CC(CCCCCC(=O)CNC(=O)CCC(=O)CCCc5cnc[nH]5)C(=O)ON)CC(=O)NC(CCCCNC(=O)CCC(=O)CCC(=O)NCCc5cnc[nH]5)C(=O)ON)cc4)cc3)CC2)n1. The second-order valence-corrected chi connectivity index (χ2v) is 29.5. The number of amides is 4. The van der Waals surface area contributed by atoms with Crippen molar-refractivity contribution in [1.29, 1.82) is 0 Å². The number of hydrogen-bond donors (Lipinski definition) is 10. The van der Waals surface area contributed by atoms with Crippen molar-refractivity contribution >= 4 is 87.6 Å². The lowest BCUT2D eigenvalue weighted by atomic mass is 9.95. The summed E-state index contributed by atoms with van der Waals surface area (Å²) in [5, 5.41) is 23.8. The lowest BCUT2D eigenvalue weighted by Gasteiger charge is -2.33. The van der Waals surface area contributed by atoms with Crippen molar-refractivity contribution in [2.45, 2.75) is 168 Å². The molecule has 2 unspecified atom stereocenters. The van der Waals surface area contributed by atoms with E-state index in [9.17, 15) is 57.8 Å². The average Bonchev–Trinajstić information content (AvgIpc) is 0.990. The second kappa shape index (κ2) is 50.8. The van der Waals surface area contributed by atoms with Gasteiger partial charge in [0.2, 0.25) is 23.6 Å². The predicted molar refractivity (Wildman–Crippen MR) is 430 cm³/mol. The van der Waals surface area contributed by atoms with Gasteiger partial charge in [0.25, 0.3) is 0 Å². The van der Waals surface area contributed by atoms with Crippen LogP contribution in [-0.4, -0.2) is 227 Å². The monoisotopic (exact) mass is 1590 g/mol. The van der Waals surface area contributed by atoms with Crippen LogP contribution in [0.25, 0.3) is 0 Å². The summed E-state index contributed by atoms with van der Waals surface area (Å²) < 4.78 is 0. The molecule has 2 aromatic carbocycles. The minimum atomic E-state index is -1.21. The number of carbonyl (C=O) groups excluding carboxylic acids is 10. The van der Waals surface area contributed by atoms with Gasteiger partial charge in [0, 0.05) is 197 Å². The maximum Gasteiger partial charge on any atom is 0.354 e. The van der Waals surface area contributed by atoms with Gasteiger partial charge in [-0.1, -0.05) is 73.6 Å². The van der Waals surface area contributed by atoms with E-state index in [0.29, 0.717) is 100 Å². The molecule has 0 spiro atoms. The summed E-state index contributed by atoms with van der Waals surface area (Å²) in [4.78, 5) is 185. The number of carboxylic acids is 1. The molecule has 616 valence electrons. The number of benzene rings is 2. The van der Waals surface area contributed by atoms with Crippen molar-refractivity contribution in [3.8, 4) is 0 Å². The number of aryl methyl sites for hydroxylation is 2. The number of pyridine rings is 2. The molecular formula is C81H112N18O14S. The fraction of sp³-hybridized carbons (Fsp3) is 0.506. The number of nitrogens with one attached hydrogen (secondary N) is 7. The predicted octanol–water partition coefficient (Wildman–Crippen LogP) is 5.14. The van der Waals surface area contributed by atoms with Gasteiger partial charge in [-0.2, -0.15) is 11.8 Å². The van der Waals surface area contributed by atoms with Gasteiger partial charge >= 0.3 is 17.9 Å². The third-order valence-electron chi connectivity index (χ3n) is 19.5. The molecule has 0 aliphatic carbocycles. The number of carbonyl (C=O) groups is 11. The number of unbranched alkanes of at least 4 members (excludes halogenated alkanes) is 3. The quantitative estimate of drug-likeness (QED) is 0.0134. The Kier molecular flexibility index (Phi) is 40.5. The summed E-state index contributed by atoms with van der Waals surface area (Å²) in [5.41, 5.74) is 8.02. The number of ketones is 4. The molecule has 0 radical (unpaired) electrons. The fourth-order valence-corrected chi connectivity index (χ4v) is 13.3. The first-order valence-corrected chi connectivity index (χ1v) is 39.5. The molecule has 7 rings (SSSR count). The van der Waals surface area contributed by atoms with Crippen molar-refractivity contribution in [2.75, 3.05) is 97.4 Å². The number of aromatic nitrogens is 6. The molecule has 1 aliphatic heterocycles. The number of thiocarbonyl (C=S) groups is 1. The summed E-state index contributed by atoms with van der Waals surface area (Å²) in [6.07, 6.45) is 11.1. The van der Waals surface area contributed by atoms with Gasteiger partial charge in [-0.05, 0) is 112 Å². The maximum atomic E-state index is 14.1. The minimum absolute atomic E-state index is 0.00103. The normalized spacial score (nSPS) is 13.8. The molecule has 0 saturated carbocycles. The van der Waals surface area contributed by atoms with E-state index in [4.69, 9.17) is 29.0 Å². The van der Waals surface area contributed by atoms with Crippen LogP contribution < -0.4 is 38.4 Å². The van der Waals surface area contributed by atoms with E-state index in [2.05, 4.69) is 106 Å². The molecule has 1 fully saturated rings. The highest BCUT2D eigenvalue weighted by atomic mass is 32.1. The van der Waals surface area contributed by atoms with Crippen molar-refractivity contribution in [1.82, 2.24) is 75.7 Å². The Bertz CT molecular complexity index is 3910. The Morgan fingerprint density at radius 3 is 1.71 bits per heavy atom. The van der Waals surface area contributed by atoms with E-state index in [1.165, 1.54) is 6.07 Å². The van der Waals surface area contributed by atoms with Crippen LogP contribution in [0.4, 0.5) is 5.69 Å². The van der Waals surface area contributed by atoms with Gasteiger partial charge in [0.05, 0.1) is 54.6 Å². The van der Waals surface area contributed by atoms with Gasteiger partial charge < -0.3 is 56.2 Å². The van der Waals surface area contributed by atoms with Crippen molar-refractivity contribution in [3.05, 3.63) is 161 Å². The fourth-order valence-electron chi connectivity index (χ4n) is 13.0. The maximum absolute atomic E-state index is 14.1. The molecule has 5 heterocycles. The largest absolute Gasteiger partial charge is 0.477 e. The summed E-state index contributed by atoms with van der Waals surface area (Å²) in [5.74, 6) is 4.35. The molecule has 4 aromatic heterocycles. The highest BCUT2D eigenvalue weighted by molar-refractivity contribution is 7.80. The summed E-state index contributed by atoms with van der Waals surface area (Å²) >= 11 is 5.90. The number of nitrogens with zero attached hydrogens (tertiary/aromatic N) is 9. The first-order chi connectivity index (χ1) is 55.0. The van der Waals surface area contributed by atoms with Gasteiger partial charge in [0.1, 0.15) is 29.1 Å². The zero-order valence-electron chi connectivity index (χ0n) is 65.6. The number of likely N-dealkylation sites (N-methyl/N-ethyl adjacent to an activating group) is 1. The van der Waals surface area contributed by atoms with Crippen LogP contribution in [0.5, 0.6) is 0 Å². The second-order valence-electron chi connectivity index (χ2n) is 29.0. The molecule has 6 aromatic rings. The minimum Gasteiger partial charge on any atom is -0.477 e. The number of anilines is 1. The third-order valence-corrected chi connectivity index (χ3v) is 19.8. The van der Waals surface area contributed by atoms with Crippen LogP contribution in [0.1, 0.15) is 165 Å². The van der Waals surface area contributed by atoms with Gasteiger partial charge in [-0.3, -0.25) is 67.7 Å².